The van der Waals surface area contributed by atoms with Crippen LogP contribution in [0.25, 0.3) is 0 Å². The average Bonchev–Trinajstić information content (AvgIpc) is 2.73. The van der Waals surface area contributed by atoms with E-state index in [1.807, 2.05) is 42.5 Å². The van der Waals surface area contributed by atoms with Gasteiger partial charge < -0.3 is 19.7 Å². The molecule has 1 heterocycles. The van der Waals surface area contributed by atoms with E-state index in [1.165, 1.54) is 0 Å². The summed E-state index contributed by atoms with van der Waals surface area (Å²) in [4.78, 5) is 26.7. The van der Waals surface area contributed by atoms with Crippen LogP contribution in [0.15, 0.2) is 54.6 Å². The highest BCUT2D eigenvalue weighted by Crippen LogP contribution is 2.26. The second-order valence-electron chi connectivity index (χ2n) is 6.47. The molecule has 2 aromatic carbocycles. The zero-order chi connectivity index (χ0) is 19.1. The highest BCUT2D eigenvalue weighted by atomic mass is 16.5. The van der Waals surface area contributed by atoms with E-state index in [9.17, 15) is 9.59 Å². The van der Waals surface area contributed by atoms with Gasteiger partial charge in [0.2, 0.25) is 5.91 Å². The third kappa shape index (κ3) is 5.00. The van der Waals surface area contributed by atoms with Gasteiger partial charge in [0.1, 0.15) is 0 Å². The van der Waals surface area contributed by atoms with Crippen molar-refractivity contribution in [3.63, 3.8) is 0 Å². The fraction of sp³-hybridized carbons (Fsp3) is 0.333. The van der Waals surface area contributed by atoms with E-state index in [0.717, 1.165) is 18.5 Å². The van der Waals surface area contributed by atoms with Gasteiger partial charge in [0.05, 0.1) is 13.0 Å². The average molecular weight is 368 g/mol. The zero-order valence-corrected chi connectivity index (χ0v) is 15.4. The minimum atomic E-state index is -0.214. The first-order valence-electron chi connectivity index (χ1n) is 9.07. The highest BCUT2D eigenvalue weighted by molar-refractivity contribution is 5.93. The Morgan fingerprint density at radius 2 is 1.78 bits per heavy atom. The molecular weight excluding hydrogens is 344 g/mol. The number of methoxy groups -OCH3 is 1. The number of piperidine rings is 1. The van der Waals surface area contributed by atoms with Crippen molar-refractivity contribution in [2.24, 2.45) is 5.92 Å². The summed E-state index contributed by atoms with van der Waals surface area (Å²) in [5.74, 6) is 0.726. The lowest BCUT2D eigenvalue weighted by atomic mass is 9.97. The molecule has 1 N–H and O–H groups in total. The second-order valence-corrected chi connectivity index (χ2v) is 6.47. The number of nitrogens with one attached hydrogen (secondary N) is 1. The normalized spacial score (nSPS) is 16.5. The maximum absolute atomic E-state index is 12.5. The first-order valence-corrected chi connectivity index (χ1v) is 9.07. The molecule has 0 aromatic heterocycles. The van der Waals surface area contributed by atoms with Crippen molar-refractivity contribution in [3.8, 4) is 11.5 Å². The van der Waals surface area contributed by atoms with Gasteiger partial charge in [-0.05, 0) is 37.1 Å². The summed E-state index contributed by atoms with van der Waals surface area (Å²) in [6.45, 7) is 0.976. The Kier molecular flexibility index (Phi) is 6.30. The number of anilines is 1. The molecule has 1 aliphatic rings. The molecule has 3 rings (SSSR count). The maximum Gasteiger partial charge on any atom is 0.260 e. The minimum Gasteiger partial charge on any atom is -0.493 e. The van der Waals surface area contributed by atoms with E-state index >= 15 is 0 Å². The Morgan fingerprint density at radius 1 is 1.07 bits per heavy atom. The van der Waals surface area contributed by atoms with E-state index < -0.39 is 0 Å². The predicted octanol–water partition coefficient (Wildman–Crippen LogP) is 2.95. The Labute approximate surface area is 159 Å². The van der Waals surface area contributed by atoms with Crippen molar-refractivity contribution in [1.82, 2.24) is 4.90 Å². The first-order chi connectivity index (χ1) is 13.2. The largest absolute Gasteiger partial charge is 0.493 e. The minimum absolute atomic E-state index is 0.0515. The molecule has 1 atom stereocenters. The van der Waals surface area contributed by atoms with Gasteiger partial charge in [-0.1, -0.05) is 30.3 Å². The molecule has 0 saturated carbocycles. The van der Waals surface area contributed by atoms with Crippen LogP contribution >= 0.6 is 0 Å². The first kappa shape index (κ1) is 18.8. The quantitative estimate of drug-likeness (QED) is 0.851. The number of ether oxygens (including phenoxy) is 2. The Bertz CT molecular complexity index is 779. The number of rotatable bonds is 6. The maximum atomic E-state index is 12.5. The van der Waals surface area contributed by atoms with Crippen LogP contribution in [-0.4, -0.2) is 43.5 Å². The summed E-state index contributed by atoms with van der Waals surface area (Å²) < 4.78 is 10.8. The molecule has 0 aliphatic carbocycles. The summed E-state index contributed by atoms with van der Waals surface area (Å²) in [6.07, 6.45) is 1.57. The highest BCUT2D eigenvalue weighted by Gasteiger charge is 2.28. The SMILES string of the molecule is COc1ccccc1OCC(=O)N1CCC[C@H](C(=O)Nc2ccccc2)C1. The van der Waals surface area contributed by atoms with E-state index in [0.29, 0.717) is 24.6 Å². The second kappa shape index (κ2) is 9.07. The summed E-state index contributed by atoms with van der Waals surface area (Å²) in [5, 5.41) is 2.92. The Hall–Kier alpha value is -3.02. The molecule has 1 fully saturated rings. The fourth-order valence-electron chi connectivity index (χ4n) is 3.15. The number of likely N-dealkylation sites (tertiary alicyclic amines) is 1. The van der Waals surface area contributed by atoms with E-state index in [1.54, 1.807) is 24.1 Å². The molecule has 0 radical (unpaired) electrons. The smallest absolute Gasteiger partial charge is 0.260 e. The Balaban J connectivity index is 1.54. The van der Waals surface area contributed by atoms with Crippen LogP contribution in [-0.2, 0) is 9.59 Å². The zero-order valence-electron chi connectivity index (χ0n) is 15.4. The van der Waals surface area contributed by atoms with Gasteiger partial charge in [-0.3, -0.25) is 9.59 Å². The van der Waals surface area contributed by atoms with Crippen LogP contribution in [0.4, 0.5) is 5.69 Å². The lowest BCUT2D eigenvalue weighted by Gasteiger charge is -2.32. The lowest BCUT2D eigenvalue weighted by molar-refractivity contribution is -0.136. The molecule has 2 aromatic rings. The van der Waals surface area contributed by atoms with Crippen molar-refractivity contribution in [2.45, 2.75) is 12.8 Å². The molecule has 1 aliphatic heterocycles. The van der Waals surface area contributed by atoms with Gasteiger partial charge in [0.15, 0.2) is 18.1 Å². The fourth-order valence-corrected chi connectivity index (χ4v) is 3.15. The third-order valence-corrected chi connectivity index (χ3v) is 4.61. The molecular formula is C21H24N2O4. The Morgan fingerprint density at radius 3 is 2.52 bits per heavy atom. The van der Waals surface area contributed by atoms with Crippen molar-refractivity contribution < 1.29 is 19.1 Å². The van der Waals surface area contributed by atoms with E-state index in [2.05, 4.69) is 5.32 Å². The molecule has 6 heteroatoms. The molecule has 2 amide bonds. The topological polar surface area (TPSA) is 67.9 Å². The predicted molar refractivity (Wildman–Crippen MR) is 103 cm³/mol. The van der Waals surface area contributed by atoms with Crippen LogP contribution < -0.4 is 14.8 Å². The number of para-hydroxylation sites is 3. The van der Waals surface area contributed by atoms with Crippen molar-refractivity contribution in [3.05, 3.63) is 54.6 Å². The molecule has 142 valence electrons. The van der Waals surface area contributed by atoms with Gasteiger partial charge in [0, 0.05) is 18.8 Å². The van der Waals surface area contributed by atoms with E-state index in [4.69, 9.17) is 9.47 Å². The molecule has 0 spiro atoms. The van der Waals surface area contributed by atoms with Crippen LogP contribution in [0.5, 0.6) is 11.5 Å². The van der Waals surface area contributed by atoms with Gasteiger partial charge in [-0.15, -0.1) is 0 Å². The molecule has 1 saturated heterocycles. The van der Waals surface area contributed by atoms with Crippen LogP contribution in [0.3, 0.4) is 0 Å². The summed E-state index contributed by atoms with van der Waals surface area (Å²) in [6, 6.07) is 16.6. The standard InChI is InChI=1S/C21H24N2O4/c1-26-18-11-5-6-12-19(18)27-15-20(24)23-13-7-8-16(14-23)21(25)22-17-9-3-2-4-10-17/h2-6,9-12,16H,7-8,13-15H2,1H3,(H,22,25)/t16-/m0/s1. The lowest BCUT2D eigenvalue weighted by Crippen LogP contribution is -2.45. The number of amides is 2. The molecule has 27 heavy (non-hydrogen) atoms. The van der Waals surface area contributed by atoms with E-state index in [-0.39, 0.29) is 24.3 Å². The van der Waals surface area contributed by atoms with Crippen molar-refractivity contribution in [2.75, 3.05) is 32.1 Å². The number of nitrogens with zero attached hydrogens (tertiary/aromatic N) is 1. The molecule has 0 unspecified atom stereocenters. The molecule has 6 nitrogen and oxygen atoms in total. The number of carbonyl (C=O) groups excluding carboxylic acids is 2. The van der Waals surface area contributed by atoms with Gasteiger partial charge in [-0.2, -0.15) is 0 Å². The number of hydrogen-bond acceptors (Lipinski definition) is 4. The van der Waals surface area contributed by atoms with Gasteiger partial charge >= 0.3 is 0 Å². The van der Waals surface area contributed by atoms with Crippen LogP contribution in [0.1, 0.15) is 12.8 Å². The monoisotopic (exact) mass is 368 g/mol. The van der Waals surface area contributed by atoms with Gasteiger partial charge in [-0.25, -0.2) is 0 Å². The summed E-state index contributed by atoms with van der Waals surface area (Å²) in [5.41, 5.74) is 0.769. The summed E-state index contributed by atoms with van der Waals surface area (Å²) in [7, 11) is 1.56. The number of benzene rings is 2. The van der Waals surface area contributed by atoms with Crippen molar-refractivity contribution >= 4 is 17.5 Å². The number of hydrogen-bond donors (Lipinski definition) is 1. The molecule has 0 bridgehead atoms. The van der Waals surface area contributed by atoms with Crippen LogP contribution in [0.2, 0.25) is 0 Å². The van der Waals surface area contributed by atoms with Crippen molar-refractivity contribution in [1.29, 1.82) is 0 Å². The summed E-state index contributed by atoms with van der Waals surface area (Å²) >= 11 is 0. The van der Waals surface area contributed by atoms with Gasteiger partial charge in [0.25, 0.3) is 5.91 Å². The van der Waals surface area contributed by atoms with Crippen LogP contribution in [0, 0.1) is 5.92 Å². The number of carbonyl (C=O) groups is 2. The third-order valence-electron chi connectivity index (χ3n) is 4.61.